The van der Waals surface area contributed by atoms with Gasteiger partial charge in [-0.3, -0.25) is 14.8 Å². The fourth-order valence-corrected chi connectivity index (χ4v) is 2.46. The molecule has 0 aliphatic carbocycles. The summed E-state index contributed by atoms with van der Waals surface area (Å²) in [4.78, 5) is 18.6. The van der Waals surface area contributed by atoms with Crippen LogP contribution in [0.15, 0.2) is 24.5 Å². The van der Waals surface area contributed by atoms with Gasteiger partial charge in [0.25, 0.3) is 5.91 Å². The molecule has 27 heavy (non-hydrogen) atoms. The van der Waals surface area contributed by atoms with E-state index in [4.69, 9.17) is 11.6 Å². The minimum atomic E-state index is -5.09. The van der Waals surface area contributed by atoms with Gasteiger partial charge in [-0.25, -0.2) is 4.39 Å². The van der Waals surface area contributed by atoms with Crippen molar-refractivity contribution in [2.45, 2.75) is 25.3 Å². The van der Waals surface area contributed by atoms with Gasteiger partial charge in [-0.15, -0.1) is 0 Å². The number of aromatic nitrogens is 2. The zero-order valence-corrected chi connectivity index (χ0v) is 14.0. The molecule has 2 rings (SSSR count). The van der Waals surface area contributed by atoms with E-state index in [2.05, 4.69) is 9.97 Å². The number of nitrogens with one attached hydrogen (secondary N) is 1. The van der Waals surface area contributed by atoms with Crippen LogP contribution in [0.1, 0.15) is 40.3 Å². The van der Waals surface area contributed by atoms with Gasteiger partial charge in [0.2, 0.25) is 0 Å². The smallest absolute Gasteiger partial charge is 0.344 e. The molecule has 1 N–H and O–H groups in total. The normalized spacial score (nSPS) is 13.4. The summed E-state index contributed by atoms with van der Waals surface area (Å²) in [7, 11) is 0. The van der Waals surface area contributed by atoms with Crippen LogP contribution in [0.5, 0.6) is 0 Å². The van der Waals surface area contributed by atoms with Crippen molar-refractivity contribution in [1.29, 1.82) is 0 Å². The van der Waals surface area contributed by atoms with Crippen LogP contribution in [-0.4, -0.2) is 15.9 Å². The lowest BCUT2D eigenvalue weighted by Crippen LogP contribution is -2.31. The van der Waals surface area contributed by atoms with Crippen molar-refractivity contribution >= 4 is 17.5 Å². The van der Waals surface area contributed by atoms with Crippen LogP contribution in [0.25, 0.3) is 0 Å². The Morgan fingerprint density at radius 1 is 1.15 bits per heavy atom. The number of pyridine rings is 2. The maximum atomic E-state index is 13.8. The molecule has 1 atom stereocenters. The first kappa shape index (κ1) is 20.9. The van der Waals surface area contributed by atoms with E-state index in [9.17, 15) is 35.5 Å². The molecule has 0 saturated carbocycles. The Morgan fingerprint density at radius 2 is 1.78 bits per heavy atom. The number of rotatable bonds is 3. The molecule has 1 amide bonds. The number of carbonyl (C=O) groups excluding carboxylic acids is 1. The van der Waals surface area contributed by atoms with Crippen LogP contribution in [0.4, 0.5) is 30.7 Å². The summed E-state index contributed by atoms with van der Waals surface area (Å²) in [5.74, 6) is -2.94. The minimum Gasteiger partial charge on any atom is -0.344 e. The molecule has 0 radical (unpaired) electrons. The lowest BCUT2D eigenvalue weighted by molar-refractivity contribution is -0.141. The highest BCUT2D eigenvalue weighted by atomic mass is 35.5. The van der Waals surface area contributed by atoms with E-state index in [0.29, 0.717) is 24.5 Å². The van der Waals surface area contributed by atoms with E-state index in [1.807, 2.05) is 5.32 Å². The van der Waals surface area contributed by atoms with Gasteiger partial charge in [0.1, 0.15) is 11.4 Å². The summed E-state index contributed by atoms with van der Waals surface area (Å²) in [5.41, 5.74) is -4.47. The molecule has 2 aromatic rings. The predicted octanol–water partition coefficient (Wildman–Crippen LogP) is 4.80. The van der Waals surface area contributed by atoms with Gasteiger partial charge < -0.3 is 5.32 Å². The minimum absolute atomic E-state index is 0.240. The molecule has 0 aromatic carbocycles. The lowest BCUT2D eigenvalue weighted by Gasteiger charge is -2.18. The van der Waals surface area contributed by atoms with Gasteiger partial charge >= 0.3 is 12.4 Å². The third kappa shape index (κ3) is 4.65. The monoisotopic (exact) mass is 415 g/mol. The third-order valence-corrected chi connectivity index (χ3v) is 3.65. The molecule has 0 aliphatic heterocycles. The number of halogens is 8. The molecule has 2 aromatic heterocycles. The molecular formula is C15H9ClF7N3O. The molecule has 0 aliphatic rings. The zero-order chi connectivity index (χ0) is 20.6. The number of carbonyl (C=O) groups is 1. The lowest BCUT2D eigenvalue weighted by atomic mass is 10.1. The number of amides is 1. The maximum Gasteiger partial charge on any atom is 0.434 e. The van der Waals surface area contributed by atoms with Crippen molar-refractivity contribution in [1.82, 2.24) is 15.3 Å². The number of alkyl halides is 6. The summed E-state index contributed by atoms with van der Waals surface area (Å²) >= 11 is 5.71. The number of nitrogens with zero attached hydrogens (tertiary/aromatic N) is 2. The molecule has 2 heterocycles. The number of hydrogen-bond acceptors (Lipinski definition) is 3. The summed E-state index contributed by atoms with van der Waals surface area (Å²) in [6.07, 6.45) is -8.80. The topological polar surface area (TPSA) is 54.9 Å². The molecule has 1 unspecified atom stereocenters. The largest absolute Gasteiger partial charge is 0.434 e. The number of hydrogen-bond donors (Lipinski definition) is 1. The molecule has 146 valence electrons. The first-order valence-electron chi connectivity index (χ1n) is 7.07. The van der Waals surface area contributed by atoms with E-state index < -0.39 is 52.0 Å². The van der Waals surface area contributed by atoms with Gasteiger partial charge in [-0.2, -0.15) is 26.3 Å². The predicted molar refractivity (Wildman–Crippen MR) is 79.3 cm³/mol. The average molecular weight is 416 g/mol. The van der Waals surface area contributed by atoms with Crippen LogP contribution in [0.3, 0.4) is 0 Å². The van der Waals surface area contributed by atoms with E-state index in [0.717, 1.165) is 0 Å². The van der Waals surface area contributed by atoms with Crippen LogP contribution >= 0.6 is 11.6 Å². The molecule has 0 fully saturated rings. The van der Waals surface area contributed by atoms with Crippen molar-refractivity contribution in [3.05, 3.63) is 57.9 Å². The quantitative estimate of drug-likeness (QED) is 0.733. The molecular weight excluding hydrogens is 407 g/mol. The summed E-state index contributed by atoms with van der Waals surface area (Å²) in [6, 6.07) is -0.0933. The van der Waals surface area contributed by atoms with E-state index in [-0.39, 0.29) is 5.69 Å². The molecule has 0 spiro atoms. The van der Waals surface area contributed by atoms with E-state index in [1.54, 1.807) is 0 Å². The van der Waals surface area contributed by atoms with E-state index >= 15 is 0 Å². The van der Waals surface area contributed by atoms with E-state index in [1.165, 1.54) is 6.92 Å². The summed E-state index contributed by atoms with van der Waals surface area (Å²) in [5, 5.41) is 1.55. The Balaban J connectivity index is 2.32. The highest BCUT2D eigenvalue weighted by Gasteiger charge is 2.39. The molecule has 0 bridgehead atoms. The molecule has 12 heteroatoms. The fourth-order valence-electron chi connectivity index (χ4n) is 2.13. The first-order valence-corrected chi connectivity index (χ1v) is 7.45. The highest BCUT2D eigenvalue weighted by molar-refractivity contribution is 6.31. The van der Waals surface area contributed by atoms with Crippen molar-refractivity contribution < 1.29 is 35.5 Å². The second kappa shape index (κ2) is 7.29. The Bertz CT molecular complexity index is 867. The highest BCUT2D eigenvalue weighted by Crippen LogP contribution is 2.33. The Kier molecular flexibility index (Phi) is 5.64. The third-order valence-electron chi connectivity index (χ3n) is 3.35. The summed E-state index contributed by atoms with van der Waals surface area (Å²) < 4.78 is 90.4. The Labute approximate surface area is 152 Å². The summed E-state index contributed by atoms with van der Waals surface area (Å²) in [6.45, 7) is 1.21. The fraction of sp³-hybridized carbons (Fsp3) is 0.267. The second-order valence-electron chi connectivity index (χ2n) is 5.30. The van der Waals surface area contributed by atoms with Crippen LogP contribution < -0.4 is 5.32 Å². The standard InChI is InChI=1S/C15H9ClF7N3O/c1-6(11-8(16)4-7(5-25-11)14(18,19)20)26-13(27)10-9(17)2-3-24-12(10)15(21,22)23/h2-6H,1H3,(H,26,27). The molecule has 4 nitrogen and oxygen atoms in total. The van der Waals surface area contributed by atoms with Crippen LogP contribution in [0.2, 0.25) is 5.02 Å². The van der Waals surface area contributed by atoms with Gasteiger partial charge in [0.05, 0.1) is 22.3 Å². The van der Waals surface area contributed by atoms with Crippen molar-refractivity contribution in [2.75, 3.05) is 0 Å². The average Bonchev–Trinajstić information content (AvgIpc) is 2.52. The zero-order valence-electron chi connectivity index (χ0n) is 13.2. The molecule has 0 saturated heterocycles. The van der Waals surface area contributed by atoms with Crippen molar-refractivity contribution in [3.8, 4) is 0 Å². The van der Waals surface area contributed by atoms with Gasteiger partial charge in [-0.05, 0) is 19.1 Å². The van der Waals surface area contributed by atoms with Gasteiger partial charge in [-0.1, -0.05) is 11.6 Å². The Morgan fingerprint density at radius 3 is 2.30 bits per heavy atom. The first-order chi connectivity index (χ1) is 12.3. The van der Waals surface area contributed by atoms with Gasteiger partial charge in [0.15, 0.2) is 5.69 Å². The Hall–Kier alpha value is -2.43. The van der Waals surface area contributed by atoms with Gasteiger partial charge in [0, 0.05) is 12.4 Å². The van der Waals surface area contributed by atoms with Crippen LogP contribution in [-0.2, 0) is 12.4 Å². The second-order valence-corrected chi connectivity index (χ2v) is 5.71. The van der Waals surface area contributed by atoms with Crippen molar-refractivity contribution in [3.63, 3.8) is 0 Å². The van der Waals surface area contributed by atoms with Crippen LogP contribution in [0, 0.1) is 5.82 Å². The maximum absolute atomic E-state index is 13.8. The van der Waals surface area contributed by atoms with Crippen molar-refractivity contribution in [2.24, 2.45) is 0 Å². The SMILES string of the molecule is CC(NC(=O)c1c(F)ccnc1C(F)(F)F)c1ncc(C(F)(F)F)cc1Cl.